The molecule has 0 N–H and O–H groups in total. The molecule has 9 rings (SSSR count). The zero-order chi connectivity index (χ0) is 40.2. The molecule has 0 aromatic heterocycles. The van der Waals surface area contributed by atoms with E-state index >= 15 is 0 Å². The molecule has 1 heteroatoms. The summed E-state index contributed by atoms with van der Waals surface area (Å²) in [6.45, 7) is 13.3. The van der Waals surface area contributed by atoms with E-state index in [-0.39, 0.29) is 5.41 Å². The molecule has 1 nitrogen and oxygen atoms in total. The first-order valence-corrected chi connectivity index (χ1v) is 20.4. The summed E-state index contributed by atoms with van der Waals surface area (Å²) in [5, 5.41) is 5.14. The number of hydrogen-bond acceptors (Lipinski definition) is 1. The molecule has 284 valence electrons. The summed E-state index contributed by atoms with van der Waals surface area (Å²) in [6, 6.07) is 63.5. The van der Waals surface area contributed by atoms with Crippen molar-refractivity contribution in [1.82, 2.24) is 0 Å². The molecule has 0 amide bonds. The summed E-state index contributed by atoms with van der Waals surface area (Å²) in [7, 11) is 0. The SMILES string of the molecule is C\C=C(C)/C(=C\C=C\c1ccc(N(c2ccc3c(c2)-c2ccccc2C3(C)C)c2cccc3ccccc23)cc1)c1ccccc1C.Cc1cccc2ccccc12. The van der Waals surface area contributed by atoms with E-state index in [0.717, 1.165) is 16.9 Å². The van der Waals surface area contributed by atoms with Crippen LogP contribution >= 0.6 is 0 Å². The molecule has 0 spiro atoms. The van der Waals surface area contributed by atoms with Gasteiger partial charge < -0.3 is 4.90 Å². The highest BCUT2D eigenvalue weighted by atomic mass is 15.1. The van der Waals surface area contributed by atoms with Gasteiger partial charge in [-0.15, -0.1) is 0 Å². The third kappa shape index (κ3) is 7.44. The van der Waals surface area contributed by atoms with Crippen molar-refractivity contribution < 1.29 is 0 Å². The maximum Gasteiger partial charge on any atom is 0.0540 e. The number of rotatable bonds is 7. The van der Waals surface area contributed by atoms with E-state index in [4.69, 9.17) is 0 Å². The summed E-state index contributed by atoms with van der Waals surface area (Å²) >= 11 is 0. The molecular formula is C57H51N. The molecule has 0 radical (unpaired) electrons. The first-order chi connectivity index (χ1) is 28.2. The molecule has 0 fully saturated rings. The van der Waals surface area contributed by atoms with Crippen LogP contribution in [-0.4, -0.2) is 0 Å². The average Bonchev–Trinajstić information content (AvgIpc) is 3.49. The molecule has 8 aromatic rings. The maximum atomic E-state index is 2.41. The van der Waals surface area contributed by atoms with Gasteiger partial charge in [0.05, 0.1) is 5.69 Å². The fourth-order valence-electron chi connectivity index (χ4n) is 8.52. The van der Waals surface area contributed by atoms with Crippen molar-refractivity contribution in [2.45, 2.75) is 47.0 Å². The minimum atomic E-state index is -0.0261. The Labute approximate surface area is 345 Å². The van der Waals surface area contributed by atoms with Gasteiger partial charge in [-0.25, -0.2) is 0 Å². The van der Waals surface area contributed by atoms with Gasteiger partial charge in [0.15, 0.2) is 0 Å². The molecule has 0 aliphatic heterocycles. The lowest BCUT2D eigenvalue weighted by molar-refractivity contribution is 0.660. The highest BCUT2D eigenvalue weighted by Crippen LogP contribution is 2.51. The predicted molar refractivity (Wildman–Crippen MR) is 253 cm³/mol. The van der Waals surface area contributed by atoms with Gasteiger partial charge in [-0.1, -0.05) is 184 Å². The second-order valence-corrected chi connectivity index (χ2v) is 15.8. The zero-order valence-corrected chi connectivity index (χ0v) is 34.5. The summed E-state index contributed by atoms with van der Waals surface area (Å²) in [5.41, 5.74) is 16.4. The minimum Gasteiger partial charge on any atom is -0.310 e. The molecule has 58 heavy (non-hydrogen) atoms. The van der Waals surface area contributed by atoms with E-state index in [1.807, 2.05) is 0 Å². The van der Waals surface area contributed by atoms with E-state index < -0.39 is 0 Å². The molecule has 1 aliphatic carbocycles. The summed E-state index contributed by atoms with van der Waals surface area (Å²) < 4.78 is 0. The Kier molecular flexibility index (Phi) is 10.8. The van der Waals surface area contributed by atoms with Crippen molar-refractivity contribution in [3.8, 4) is 11.1 Å². The quantitative estimate of drug-likeness (QED) is 0.147. The van der Waals surface area contributed by atoms with Gasteiger partial charge in [0, 0.05) is 22.2 Å². The Morgan fingerprint density at radius 2 is 1.12 bits per heavy atom. The Balaban J connectivity index is 0.000000366. The topological polar surface area (TPSA) is 3.24 Å². The van der Waals surface area contributed by atoms with Gasteiger partial charge in [-0.05, 0) is 130 Å². The van der Waals surface area contributed by atoms with Crippen molar-refractivity contribution in [3.63, 3.8) is 0 Å². The van der Waals surface area contributed by atoms with Crippen LogP contribution < -0.4 is 4.90 Å². The van der Waals surface area contributed by atoms with E-state index in [1.165, 1.54) is 77.3 Å². The molecule has 0 unspecified atom stereocenters. The van der Waals surface area contributed by atoms with Crippen molar-refractivity contribution in [1.29, 1.82) is 0 Å². The second-order valence-electron chi connectivity index (χ2n) is 15.8. The summed E-state index contributed by atoms with van der Waals surface area (Å²) in [6.07, 6.45) is 8.78. The average molecular weight is 750 g/mol. The van der Waals surface area contributed by atoms with Crippen molar-refractivity contribution in [2.24, 2.45) is 0 Å². The largest absolute Gasteiger partial charge is 0.310 e. The Hall–Kier alpha value is -6.70. The summed E-state index contributed by atoms with van der Waals surface area (Å²) in [5.74, 6) is 0. The molecule has 0 atom stereocenters. The predicted octanol–water partition coefficient (Wildman–Crippen LogP) is 16.1. The van der Waals surface area contributed by atoms with E-state index in [0.29, 0.717) is 0 Å². The van der Waals surface area contributed by atoms with Crippen LogP contribution in [0.3, 0.4) is 0 Å². The lowest BCUT2D eigenvalue weighted by atomic mass is 9.82. The molecule has 8 aromatic carbocycles. The van der Waals surface area contributed by atoms with Crippen LogP contribution in [0.25, 0.3) is 44.3 Å². The number of hydrogen-bond donors (Lipinski definition) is 0. The smallest absolute Gasteiger partial charge is 0.0540 e. The lowest BCUT2D eigenvalue weighted by Gasteiger charge is -2.28. The lowest BCUT2D eigenvalue weighted by Crippen LogP contribution is -2.15. The van der Waals surface area contributed by atoms with Gasteiger partial charge in [0.25, 0.3) is 0 Å². The van der Waals surface area contributed by atoms with Gasteiger partial charge in [0.1, 0.15) is 0 Å². The molecule has 1 aliphatic rings. The zero-order valence-electron chi connectivity index (χ0n) is 34.5. The number of allylic oxidation sites excluding steroid dienone is 5. The van der Waals surface area contributed by atoms with Crippen molar-refractivity contribution in [2.75, 3.05) is 4.90 Å². The first-order valence-electron chi connectivity index (χ1n) is 20.4. The number of benzene rings is 8. The highest BCUT2D eigenvalue weighted by Gasteiger charge is 2.35. The van der Waals surface area contributed by atoms with Gasteiger partial charge >= 0.3 is 0 Å². The Morgan fingerprint density at radius 3 is 1.86 bits per heavy atom. The normalized spacial score (nSPS) is 13.3. The van der Waals surface area contributed by atoms with E-state index in [1.54, 1.807) is 0 Å². The van der Waals surface area contributed by atoms with Crippen LogP contribution in [0.2, 0.25) is 0 Å². The third-order valence-corrected chi connectivity index (χ3v) is 11.8. The fourth-order valence-corrected chi connectivity index (χ4v) is 8.52. The molecule has 0 bridgehead atoms. The van der Waals surface area contributed by atoms with Gasteiger partial charge in [-0.2, -0.15) is 0 Å². The number of fused-ring (bicyclic) bond motifs is 5. The van der Waals surface area contributed by atoms with Crippen LogP contribution in [0.5, 0.6) is 0 Å². The first kappa shape index (κ1) is 38.2. The minimum absolute atomic E-state index is 0.0261. The molecule has 0 saturated heterocycles. The van der Waals surface area contributed by atoms with Crippen LogP contribution in [0, 0.1) is 13.8 Å². The van der Waals surface area contributed by atoms with Crippen molar-refractivity contribution in [3.05, 3.63) is 233 Å². The number of nitrogens with zero attached hydrogens (tertiary/aromatic N) is 1. The van der Waals surface area contributed by atoms with E-state index in [9.17, 15) is 0 Å². The fraction of sp³-hybridized carbons (Fsp3) is 0.123. The Bertz CT molecular complexity index is 2840. The van der Waals surface area contributed by atoms with Crippen LogP contribution in [-0.2, 0) is 5.41 Å². The van der Waals surface area contributed by atoms with Crippen LogP contribution in [0.15, 0.2) is 200 Å². The van der Waals surface area contributed by atoms with Gasteiger partial charge in [-0.3, -0.25) is 0 Å². The molecule has 0 heterocycles. The van der Waals surface area contributed by atoms with E-state index in [2.05, 4.69) is 247 Å². The molecule has 0 saturated carbocycles. The monoisotopic (exact) mass is 749 g/mol. The van der Waals surface area contributed by atoms with Crippen LogP contribution in [0.1, 0.15) is 61.1 Å². The highest BCUT2D eigenvalue weighted by molar-refractivity contribution is 5.99. The third-order valence-electron chi connectivity index (χ3n) is 11.8. The summed E-state index contributed by atoms with van der Waals surface area (Å²) in [4.78, 5) is 2.41. The number of aryl methyl sites for hydroxylation is 2. The number of anilines is 3. The van der Waals surface area contributed by atoms with Crippen molar-refractivity contribution >= 4 is 50.3 Å². The van der Waals surface area contributed by atoms with Crippen LogP contribution in [0.4, 0.5) is 17.1 Å². The Morgan fingerprint density at radius 1 is 0.534 bits per heavy atom. The second kappa shape index (κ2) is 16.4. The molecular weight excluding hydrogens is 699 g/mol. The maximum absolute atomic E-state index is 2.41. The van der Waals surface area contributed by atoms with Gasteiger partial charge in [0.2, 0.25) is 0 Å². The standard InChI is InChI=1S/C46H41N.C11H10/c1-6-32(2)38(39-19-9-7-15-33(39)3)22-13-16-34-25-27-36(28-26-34)47(45-24-14-18-35-17-8-10-20-40(35)45)37-29-30-44-42(31-37)41-21-11-12-23-43(41)46(44,4)5;1-9-5-4-7-10-6-2-3-8-11(9)10/h6-31H,1-5H3;2-8H,1H3/b16-13+,32-6-,38-22+;.